The first-order valence-corrected chi connectivity index (χ1v) is 9.10. The van der Waals surface area contributed by atoms with Crippen molar-refractivity contribution in [1.29, 1.82) is 0 Å². The maximum absolute atomic E-state index is 12.6. The van der Waals surface area contributed by atoms with Gasteiger partial charge < -0.3 is 9.88 Å². The highest BCUT2D eigenvalue weighted by Gasteiger charge is 2.26. The molecule has 126 valence electrons. The minimum absolute atomic E-state index is 0.0270. The number of rotatable bonds is 3. The third kappa shape index (κ3) is 3.17. The lowest BCUT2D eigenvalue weighted by Crippen LogP contribution is -2.24. The molecule has 1 aliphatic rings. The first-order chi connectivity index (χ1) is 12.2. The first-order valence-electron chi connectivity index (χ1n) is 8.22. The van der Waals surface area contributed by atoms with Gasteiger partial charge in [-0.25, -0.2) is 0 Å². The Morgan fingerprint density at radius 2 is 1.84 bits per heavy atom. The number of hydrogen-bond acceptors (Lipinski definition) is 4. The van der Waals surface area contributed by atoms with Gasteiger partial charge in [-0.3, -0.25) is 4.79 Å². The van der Waals surface area contributed by atoms with Crippen LogP contribution < -0.4 is 5.32 Å². The van der Waals surface area contributed by atoms with Crippen LogP contribution in [-0.4, -0.2) is 25.9 Å². The van der Waals surface area contributed by atoms with Crippen molar-refractivity contribution in [3.8, 4) is 11.4 Å². The van der Waals surface area contributed by atoms with E-state index in [1.807, 2.05) is 60.1 Å². The molecule has 1 atom stereocenters. The summed E-state index contributed by atoms with van der Waals surface area (Å²) >= 11 is 1.48. The Labute approximate surface area is 150 Å². The number of benzene rings is 2. The molecule has 1 aromatic heterocycles. The average Bonchev–Trinajstić information content (AvgIpc) is 2.92. The maximum Gasteiger partial charge on any atom is 0.237 e. The number of para-hydroxylation sites is 1. The summed E-state index contributed by atoms with van der Waals surface area (Å²) in [7, 11) is 1.94. The number of anilines is 1. The molecule has 6 heteroatoms. The normalized spacial score (nSPS) is 16.8. The van der Waals surface area contributed by atoms with Crippen LogP contribution >= 0.6 is 11.8 Å². The number of hydrogen-bond donors (Lipinski definition) is 1. The van der Waals surface area contributed by atoms with E-state index >= 15 is 0 Å². The van der Waals surface area contributed by atoms with Crippen LogP contribution in [0.2, 0.25) is 0 Å². The quantitative estimate of drug-likeness (QED) is 0.785. The molecule has 3 aromatic rings. The minimum Gasteiger partial charge on any atom is -0.325 e. The average molecular weight is 350 g/mol. The van der Waals surface area contributed by atoms with Gasteiger partial charge >= 0.3 is 0 Å². The van der Waals surface area contributed by atoms with Gasteiger partial charge in [-0.15, -0.1) is 10.2 Å². The second-order valence-electron chi connectivity index (χ2n) is 6.02. The van der Waals surface area contributed by atoms with Gasteiger partial charge in [0.05, 0.1) is 5.25 Å². The molecular formula is C19H18N4OS. The zero-order valence-corrected chi connectivity index (χ0v) is 14.7. The predicted molar refractivity (Wildman–Crippen MR) is 99.5 cm³/mol. The van der Waals surface area contributed by atoms with E-state index in [2.05, 4.69) is 21.6 Å². The van der Waals surface area contributed by atoms with E-state index < -0.39 is 0 Å². The van der Waals surface area contributed by atoms with E-state index in [9.17, 15) is 4.79 Å². The molecule has 1 amide bonds. The van der Waals surface area contributed by atoms with E-state index in [4.69, 9.17) is 0 Å². The highest BCUT2D eigenvalue weighted by molar-refractivity contribution is 8.00. The van der Waals surface area contributed by atoms with Crippen LogP contribution in [0, 0.1) is 0 Å². The second-order valence-corrected chi connectivity index (χ2v) is 7.19. The number of nitrogens with zero attached hydrogens (tertiary/aromatic N) is 3. The van der Waals surface area contributed by atoms with Gasteiger partial charge in [-0.05, 0) is 24.5 Å². The lowest BCUT2D eigenvalue weighted by atomic mass is 10.1. The Morgan fingerprint density at radius 3 is 2.68 bits per heavy atom. The van der Waals surface area contributed by atoms with Crippen molar-refractivity contribution in [2.45, 2.75) is 23.2 Å². The van der Waals surface area contributed by atoms with E-state index in [0.717, 1.165) is 35.1 Å². The number of carbonyl (C=O) groups is 1. The fourth-order valence-corrected chi connectivity index (χ4v) is 3.98. The molecule has 1 unspecified atom stereocenters. The molecule has 1 N–H and O–H groups in total. The van der Waals surface area contributed by atoms with Gasteiger partial charge in [0.25, 0.3) is 0 Å². The number of amides is 1. The zero-order chi connectivity index (χ0) is 17.2. The summed E-state index contributed by atoms with van der Waals surface area (Å²) < 4.78 is 1.95. The number of carbonyl (C=O) groups excluding carboxylic acids is 1. The largest absolute Gasteiger partial charge is 0.325 e. The third-order valence-corrected chi connectivity index (χ3v) is 5.66. The summed E-state index contributed by atoms with van der Waals surface area (Å²) in [5.74, 6) is 0.833. The van der Waals surface area contributed by atoms with Gasteiger partial charge in [-0.2, -0.15) is 0 Å². The fraction of sp³-hybridized carbons (Fsp3) is 0.211. The van der Waals surface area contributed by atoms with Crippen molar-refractivity contribution in [2.24, 2.45) is 7.05 Å². The molecule has 0 fully saturated rings. The van der Waals surface area contributed by atoms with Crippen molar-refractivity contribution in [1.82, 2.24) is 14.8 Å². The van der Waals surface area contributed by atoms with E-state index in [1.165, 1.54) is 17.3 Å². The molecule has 0 saturated heterocycles. The van der Waals surface area contributed by atoms with Crippen molar-refractivity contribution in [3.05, 3.63) is 60.2 Å². The molecule has 0 aliphatic carbocycles. The third-order valence-electron chi connectivity index (χ3n) is 4.36. The topological polar surface area (TPSA) is 59.8 Å². The van der Waals surface area contributed by atoms with Crippen LogP contribution in [0.5, 0.6) is 0 Å². The maximum atomic E-state index is 12.6. The number of nitrogens with one attached hydrogen (secondary N) is 1. The smallest absolute Gasteiger partial charge is 0.237 e. The van der Waals surface area contributed by atoms with Crippen LogP contribution in [0.1, 0.15) is 12.0 Å². The van der Waals surface area contributed by atoms with Gasteiger partial charge in [0.1, 0.15) is 0 Å². The monoisotopic (exact) mass is 350 g/mol. The number of aromatic nitrogens is 3. The predicted octanol–water partition coefficient (Wildman–Crippen LogP) is 3.53. The van der Waals surface area contributed by atoms with Gasteiger partial charge in [0.15, 0.2) is 11.0 Å². The van der Waals surface area contributed by atoms with E-state index in [1.54, 1.807) is 0 Å². The number of aryl methyl sites for hydroxylation is 1. The number of fused-ring (bicyclic) bond motifs is 1. The second kappa shape index (κ2) is 6.72. The summed E-state index contributed by atoms with van der Waals surface area (Å²) in [5.41, 5.74) is 3.11. The zero-order valence-electron chi connectivity index (χ0n) is 13.8. The minimum atomic E-state index is -0.182. The molecule has 0 bridgehead atoms. The highest BCUT2D eigenvalue weighted by Crippen LogP contribution is 2.31. The SMILES string of the molecule is Cn1c(SC2CCc3ccccc3NC2=O)nnc1-c1ccccc1. The lowest BCUT2D eigenvalue weighted by molar-refractivity contribution is -0.115. The molecule has 2 aromatic carbocycles. The molecule has 0 saturated carbocycles. The van der Waals surface area contributed by atoms with Crippen LogP contribution in [0.25, 0.3) is 11.4 Å². The highest BCUT2D eigenvalue weighted by atomic mass is 32.2. The first kappa shape index (κ1) is 15.9. The molecule has 4 rings (SSSR count). The van der Waals surface area contributed by atoms with E-state index in [0.29, 0.717) is 0 Å². The molecule has 1 aliphatic heterocycles. The van der Waals surface area contributed by atoms with E-state index in [-0.39, 0.29) is 11.2 Å². The van der Waals surface area contributed by atoms with Crippen LogP contribution in [-0.2, 0) is 18.3 Å². The number of thioether (sulfide) groups is 1. The molecule has 0 spiro atoms. The Hall–Kier alpha value is -2.60. The van der Waals surface area contributed by atoms with Crippen molar-refractivity contribution in [3.63, 3.8) is 0 Å². The lowest BCUT2D eigenvalue weighted by Gasteiger charge is -2.12. The van der Waals surface area contributed by atoms with Crippen molar-refractivity contribution in [2.75, 3.05) is 5.32 Å². The standard InChI is InChI=1S/C19H18N4OS/c1-23-17(14-8-3-2-4-9-14)21-22-19(23)25-16-12-11-13-7-5-6-10-15(13)20-18(16)24/h2-10,16H,11-12H2,1H3,(H,20,24). The Balaban J connectivity index is 1.55. The summed E-state index contributed by atoms with van der Waals surface area (Å²) in [6.45, 7) is 0. The van der Waals surface area contributed by atoms with Gasteiger partial charge in [0.2, 0.25) is 5.91 Å². The van der Waals surface area contributed by atoms with Crippen LogP contribution in [0.4, 0.5) is 5.69 Å². The summed E-state index contributed by atoms with van der Waals surface area (Å²) in [6.07, 6.45) is 1.65. The summed E-state index contributed by atoms with van der Waals surface area (Å²) in [5, 5.41) is 12.2. The van der Waals surface area contributed by atoms with Crippen LogP contribution in [0.3, 0.4) is 0 Å². The fourth-order valence-electron chi connectivity index (χ4n) is 2.99. The van der Waals surface area contributed by atoms with Crippen LogP contribution in [0.15, 0.2) is 59.8 Å². The molecule has 0 radical (unpaired) electrons. The van der Waals surface area contributed by atoms with Crippen molar-refractivity contribution >= 4 is 23.4 Å². The summed E-state index contributed by atoms with van der Waals surface area (Å²) in [4.78, 5) is 12.6. The molecule has 2 heterocycles. The van der Waals surface area contributed by atoms with Gasteiger partial charge in [0, 0.05) is 18.3 Å². The Bertz CT molecular complexity index is 907. The Kier molecular flexibility index (Phi) is 4.28. The molecule has 25 heavy (non-hydrogen) atoms. The Morgan fingerprint density at radius 1 is 1.08 bits per heavy atom. The van der Waals surface area contributed by atoms with Gasteiger partial charge in [-0.1, -0.05) is 60.3 Å². The molecular weight excluding hydrogens is 332 g/mol. The molecule has 5 nitrogen and oxygen atoms in total. The summed E-state index contributed by atoms with van der Waals surface area (Å²) in [6, 6.07) is 17.9. The van der Waals surface area contributed by atoms with Crippen molar-refractivity contribution < 1.29 is 4.79 Å².